The molecule has 0 aromatic heterocycles. The van der Waals surface area contributed by atoms with Crippen molar-refractivity contribution in [2.45, 2.75) is 32.6 Å². The van der Waals surface area contributed by atoms with Gasteiger partial charge in [0.15, 0.2) is 5.78 Å². The standard InChI is InChI=1S/C15H21NO2/c1-2-18-14-7-4-3-6-12(14)13(17)10-15(11-16)8-5-9-15/h3-4,6-7H,2,5,8-11,16H2,1H3. The Morgan fingerprint density at radius 2 is 2.11 bits per heavy atom. The molecule has 1 aromatic carbocycles. The van der Waals surface area contributed by atoms with Gasteiger partial charge in [-0.05, 0) is 43.9 Å². The first-order valence-electron chi connectivity index (χ1n) is 6.66. The maximum Gasteiger partial charge on any atom is 0.167 e. The zero-order valence-electron chi connectivity index (χ0n) is 10.9. The number of Topliss-reactive ketones (excluding diaryl/α,β-unsaturated/α-hetero) is 1. The van der Waals surface area contributed by atoms with Crippen LogP contribution in [0.3, 0.4) is 0 Å². The average molecular weight is 247 g/mol. The molecule has 2 rings (SSSR count). The molecule has 1 saturated carbocycles. The van der Waals surface area contributed by atoms with Gasteiger partial charge >= 0.3 is 0 Å². The number of hydrogen-bond acceptors (Lipinski definition) is 3. The molecule has 0 radical (unpaired) electrons. The predicted octanol–water partition coefficient (Wildman–Crippen LogP) is 2.79. The number of carbonyl (C=O) groups is 1. The lowest BCUT2D eigenvalue weighted by atomic mass is 9.65. The van der Waals surface area contributed by atoms with Crippen LogP contribution in [0.5, 0.6) is 5.75 Å². The Hall–Kier alpha value is -1.35. The third-order valence-corrected chi connectivity index (χ3v) is 3.87. The highest BCUT2D eigenvalue weighted by Gasteiger charge is 2.38. The Balaban J connectivity index is 2.13. The molecular weight excluding hydrogens is 226 g/mol. The van der Waals surface area contributed by atoms with Crippen LogP contribution in [0, 0.1) is 5.41 Å². The molecule has 1 aliphatic carbocycles. The van der Waals surface area contributed by atoms with E-state index in [1.165, 1.54) is 6.42 Å². The number of ether oxygens (including phenoxy) is 1. The highest BCUT2D eigenvalue weighted by atomic mass is 16.5. The molecule has 0 aliphatic heterocycles. The van der Waals surface area contributed by atoms with Crippen LogP contribution >= 0.6 is 0 Å². The van der Waals surface area contributed by atoms with Crippen molar-refractivity contribution in [1.29, 1.82) is 0 Å². The molecule has 0 heterocycles. The summed E-state index contributed by atoms with van der Waals surface area (Å²) in [7, 11) is 0. The maximum absolute atomic E-state index is 12.4. The summed E-state index contributed by atoms with van der Waals surface area (Å²) in [6.45, 7) is 3.11. The number of para-hydroxylation sites is 1. The van der Waals surface area contributed by atoms with Crippen molar-refractivity contribution >= 4 is 5.78 Å². The molecule has 0 unspecified atom stereocenters. The average Bonchev–Trinajstić information content (AvgIpc) is 2.35. The molecule has 1 aliphatic rings. The third kappa shape index (κ3) is 2.56. The SMILES string of the molecule is CCOc1ccccc1C(=O)CC1(CN)CCC1. The minimum absolute atomic E-state index is 0.0520. The van der Waals surface area contributed by atoms with E-state index in [4.69, 9.17) is 10.5 Å². The van der Waals surface area contributed by atoms with Crippen LogP contribution in [0.2, 0.25) is 0 Å². The lowest BCUT2D eigenvalue weighted by Crippen LogP contribution is -2.39. The number of ketones is 1. The van der Waals surface area contributed by atoms with Crippen LogP contribution in [-0.2, 0) is 0 Å². The van der Waals surface area contributed by atoms with Gasteiger partial charge in [0, 0.05) is 6.42 Å². The molecule has 3 heteroatoms. The van der Waals surface area contributed by atoms with E-state index in [2.05, 4.69) is 0 Å². The molecule has 1 fully saturated rings. The van der Waals surface area contributed by atoms with Crippen molar-refractivity contribution in [2.75, 3.05) is 13.2 Å². The van der Waals surface area contributed by atoms with Crippen molar-refractivity contribution in [3.63, 3.8) is 0 Å². The van der Waals surface area contributed by atoms with E-state index in [0.717, 1.165) is 12.8 Å². The Morgan fingerprint density at radius 1 is 1.39 bits per heavy atom. The monoisotopic (exact) mass is 247 g/mol. The predicted molar refractivity (Wildman–Crippen MR) is 71.9 cm³/mol. The molecule has 0 spiro atoms. The van der Waals surface area contributed by atoms with Gasteiger partial charge in [0.05, 0.1) is 12.2 Å². The molecule has 3 nitrogen and oxygen atoms in total. The first kappa shape index (κ1) is 13.1. The molecule has 0 amide bonds. The summed E-state index contributed by atoms with van der Waals surface area (Å²) in [6, 6.07) is 7.47. The van der Waals surface area contributed by atoms with Crippen LogP contribution in [0.15, 0.2) is 24.3 Å². The van der Waals surface area contributed by atoms with Crippen LogP contribution in [0.25, 0.3) is 0 Å². The Morgan fingerprint density at radius 3 is 2.67 bits per heavy atom. The fourth-order valence-electron chi connectivity index (χ4n) is 2.54. The second kappa shape index (κ2) is 5.53. The smallest absolute Gasteiger partial charge is 0.167 e. The van der Waals surface area contributed by atoms with Gasteiger partial charge in [0.25, 0.3) is 0 Å². The lowest BCUT2D eigenvalue weighted by Gasteiger charge is -2.40. The summed E-state index contributed by atoms with van der Waals surface area (Å²) >= 11 is 0. The van der Waals surface area contributed by atoms with Gasteiger partial charge in [0.2, 0.25) is 0 Å². The van der Waals surface area contributed by atoms with E-state index in [0.29, 0.717) is 30.9 Å². The topological polar surface area (TPSA) is 52.3 Å². The largest absolute Gasteiger partial charge is 0.493 e. The maximum atomic E-state index is 12.4. The van der Waals surface area contributed by atoms with Crippen LogP contribution in [0.4, 0.5) is 0 Å². The van der Waals surface area contributed by atoms with E-state index >= 15 is 0 Å². The van der Waals surface area contributed by atoms with Crippen molar-refractivity contribution in [3.05, 3.63) is 29.8 Å². The number of rotatable bonds is 6. The normalized spacial score (nSPS) is 17.0. The van der Waals surface area contributed by atoms with E-state index < -0.39 is 0 Å². The van der Waals surface area contributed by atoms with Crippen LogP contribution in [0.1, 0.15) is 43.0 Å². The minimum atomic E-state index is 0.0520. The van der Waals surface area contributed by atoms with Gasteiger partial charge < -0.3 is 10.5 Å². The molecule has 1 aromatic rings. The fourth-order valence-corrected chi connectivity index (χ4v) is 2.54. The van der Waals surface area contributed by atoms with Gasteiger partial charge in [-0.25, -0.2) is 0 Å². The van der Waals surface area contributed by atoms with Gasteiger partial charge in [-0.3, -0.25) is 4.79 Å². The number of carbonyl (C=O) groups excluding carboxylic acids is 1. The second-order valence-electron chi connectivity index (χ2n) is 5.09. The van der Waals surface area contributed by atoms with E-state index in [1.807, 2.05) is 31.2 Å². The molecule has 0 atom stereocenters. The molecule has 18 heavy (non-hydrogen) atoms. The van der Waals surface area contributed by atoms with E-state index in [-0.39, 0.29) is 11.2 Å². The van der Waals surface area contributed by atoms with Crippen molar-refractivity contribution in [1.82, 2.24) is 0 Å². The summed E-state index contributed by atoms with van der Waals surface area (Å²) in [6.07, 6.45) is 3.89. The van der Waals surface area contributed by atoms with Gasteiger partial charge in [-0.15, -0.1) is 0 Å². The van der Waals surface area contributed by atoms with Crippen LogP contribution in [-0.4, -0.2) is 18.9 Å². The Labute approximate surface area is 108 Å². The summed E-state index contributed by atoms with van der Waals surface area (Å²) in [5, 5.41) is 0. The molecule has 2 N–H and O–H groups in total. The number of benzene rings is 1. The highest BCUT2D eigenvalue weighted by molar-refractivity contribution is 5.99. The first-order valence-corrected chi connectivity index (χ1v) is 6.66. The minimum Gasteiger partial charge on any atom is -0.493 e. The quantitative estimate of drug-likeness (QED) is 0.786. The van der Waals surface area contributed by atoms with Gasteiger partial charge in [-0.1, -0.05) is 18.6 Å². The molecule has 0 bridgehead atoms. The first-order chi connectivity index (χ1) is 8.71. The van der Waals surface area contributed by atoms with Crippen molar-refractivity contribution in [3.8, 4) is 5.75 Å². The van der Waals surface area contributed by atoms with Crippen molar-refractivity contribution < 1.29 is 9.53 Å². The van der Waals surface area contributed by atoms with Gasteiger partial charge in [-0.2, -0.15) is 0 Å². The molecular formula is C15H21NO2. The Kier molecular flexibility index (Phi) is 4.02. The fraction of sp³-hybridized carbons (Fsp3) is 0.533. The number of hydrogen-bond donors (Lipinski definition) is 1. The van der Waals surface area contributed by atoms with Crippen LogP contribution < -0.4 is 10.5 Å². The Bertz CT molecular complexity index is 419. The zero-order chi connectivity index (χ0) is 13.0. The summed E-state index contributed by atoms with van der Waals surface area (Å²) in [4.78, 5) is 12.4. The highest BCUT2D eigenvalue weighted by Crippen LogP contribution is 2.44. The van der Waals surface area contributed by atoms with E-state index in [9.17, 15) is 4.79 Å². The van der Waals surface area contributed by atoms with E-state index in [1.54, 1.807) is 0 Å². The number of nitrogens with two attached hydrogens (primary N) is 1. The third-order valence-electron chi connectivity index (χ3n) is 3.87. The molecule has 98 valence electrons. The molecule has 0 saturated heterocycles. The van der Waals surface area contributed by atoms with Gasteiger partial charge in [0.1, 0.15) is 5.75 Å². The zero-order valence-corrected chi connectivity index (χ0v) is 10.9. The summed E-state index contributed by atoms with van der Waals surface area (Å²) in [5.41, 5.74) is 6.55. The summed E-state index contributed by atoms with van der Waals surface area (Å²) < 4.78 is 5.51. The summed E-state index contributed by atoms with van der Waals surface area (Å²) in [5.74, 6) is 0.848. The lowest BCUT2D eigenvalue weighted by molar-refractivity contribution is 0.0782. The van der Waals surface area contributed by atoms with Crippen molar-refractivity contribution in [2.24, 2.45) is 11.1 Å². The second-order valence-corrected chi connectivity index (χ2v) is 5.09.